The molecule has 0 aromatic heterocycles. The first-order chi connectivity index (χ1) is 11.5. The highest BCUT2D eigenvalue weighted by atomic mass is 16.5. The van der Waals surface area contributed by atoms with Crippen molar-refractivity contribution >= 4 is 11.7 Å². The van der Waals surface area contributed by atoms with Gasteiger partial charge in [0.25, 0.3) is 5.91 Å². The monoisotopic (exact) mass is 331 g/mol. The van der Waals surface area contributed by atoms with Crippen molar-refractivity contribution in [3.05, 3.63) is 29.8 Å². The molecule has 1 aliphatic carbocycles. The van der Waals surface area contributed by atoms with Crippen LogP contribution in [0.3, 0.4) is 0 Å². The molecule has 3 unspecified atom stereocenters. The lowest BCUT2D eigenvalue weighted by molar-refractivity contribution is -0.128. The van der Waals surface area contributed by atoms with Crippen LogP contribution in [0.1, 0.15) is 58.4 Å². The molecular weight excluding hydrogens is 302 g/mol. The van der Waals surface area contributed by atoms with Crippen molar-refractivity contribution in [1.82, 2.24) is 5.32 Å². The predicted octanol–water partition coefficient (Wildman–Crippen LogP) is 3.67. The molecule has 1 aliphatic rings. The van der Waals surface area contributed by atoms with Crippen molar-refractivity contribution in [2.24, 2.45) is 5.92 Å². The van der Waals surface area contributed by atoms with Crippen LogP contribution in [0.2, 0.25) is 0 Å². The molecule has 132 valence electrons. The van der Waals surface area contributed by atoms with Crippen molar-refractivity contribution in [3.8, 4) is 5.75 Å². The zero-order chi connectivity index (χ0) is 17.5. The number of aryl methyl sites for hydroxylation is 1. The molecule has 3 atom stereocenters. The predicted molar refractivity (Wildman–Crippen MR) is 95.1 cm³/mol. The highest BCUT2D eigenvalue weighted by Gasteiger charge is 2.25. The van der Waals surface area contributed by atoms with Gasteiger partial charge < -0.3 is 14.8 Å². The minimum absolute atomic E-state index is 0.0468. The van der Waals surface area contributed by atoms with E-state index in [-0.39, 0.29) is 17.7 Å². The highest BCUT2D eigenvalue weighted by Crippen LogP contribution is 2.24. The SMILES string of the molecule is CC(=O)CCc1ccc(OC(C)C(=O)NC2CCCCC2C)cc1. The van der Waals surface area contributed by atoms with Crippen LogP contribution in [-0.4, -0.2) is 23.8 Å². The van der Waals surface area contributed by atoms with Crippen LogP contribution in [-0.2, 0) is 16.0 Å². The van der Waals surface area contributed by atoms with E-state index in [2.05, 4.69) is 12.2 Å². The summed E-state index contributed by atoms with van der Waals surface area (Å²) in [6, 6.07) is 7.90. The zero-order valence-corrected chi connectivity index (χ0v) is 15.0. The number of hydrogen-bond donors (Lipinski definition) is 1. The number of ether oxygens (including phenoxy) is 1. The second kappa shape index (κ2) is 8.86. The normalized spacial score (nSPS) is 21.8. The van der Waals surface area contributed by atoms with E-state index in [1.807, 2.05) is 24.3 Å². The topological polar surface area (TPSA) is 55.4 Å². The number of carbonyl (C=O) groups is 2. The third-order valence-electron chi connectivity index (χ3n) is 4.81. The van der Waals surface area contributed by atoms with Gasteiger partial charge >= 0.3 is 0 Å². The first kappa shape index (κ1) is 18.5. The van der Waals surface area contributed by atoms with Crippen LogP contribution in [0, 0.1) is 5.92 Å². The van der Waals surface area contributed by atoms with Crippen LogP contribution in [0.5, 0.6) is 5.75 Å². The molecule has 1 aromatic carbocycles. The maximum absolute atomic E-state index is 12.3. The Morgan fingerprint density at radius 3 is 2.50 bits per heavy atom. The molecule has 0 heterocycles. The molecule has 0 bridgehead atoms. The number of ketones is 1. The van der Waals surface area contributed by atoms with E-state index >= 15 is 0 Å². The third-order valence-corrected chi connectivity index (χ3v) is 4.81. The Bertz CT molecular complexity index is 553. The average molecular weight is 331 g/mol. The molecule has 1 amide bonds. The number of carbonyl (C=O) groups excluding carboxylic acids is 2. The lowest BCUT2D eigenvalue weighted by Gasteiger charge is -2.30. The van der Waals surface area contributed by atoms with Crippen molar-refractivity contribution in [3.63, 3.8) is 0 Å². The van der Waals surface area contributed by atoms with Crippen LogP contribution < -0.4 is 10.1 Å². The first-order valence-electron chi connectivity index (χ1n) is 9.01. The lowest BCUT2D eigenvalue weighted by atomic mass is 9.86. The maximum Gasteiger partial charge on any atom is 0.261 e. The summed E-state index contributed by atoms with van der Waals surface area (Å²) in [5, 5.41) is 3.13. The highest BCUT2D eigenvalue weighted by molar-refractivity contribution is 5.81. The van der Waals surface area contributed by atoms with Crippen LogP contribution in [0.4, 0.5) is 0 Å². The molecule has 0 spiro atoms. The van der Waals surface area contributed by atoms with Gasteiger partial charge in [0.1, 0.15) is 11.5 Å². The van der Waals surface area contributed by atoms with Gasteiger partial charge in [0, 0.05) is 12.5 Å². The van der Waals surface area contributed by atoms with Crippen LogP contribution in [0.25, 0.3) is 0 Å². The van der Waals surface area contributed by atoms with Crippen molar-refractivity contribution < 1.29 is 14.3 Å². The second-order valence-electron chi connectivity index (χ2n) is 6.98. The second-order valence-corrected chi connectivity index (χ2v) is 6.98. The number of amides is 1. The molecule has 4 nitrogen and oxygen atoms in total. The fourth-order valence-electron chi connectivity index (χ4n) is 3.14. The molecule has 0 radical (unpaired) electrons. The Labute approximate surface area is 145 Å². The molecular formula is C20H29NO3. The fraction of sp³-hybridized carbons (Fsp3) is 0.600. The van der Waals surface area contributed by atoms with Crippen LogP contribution in [0.15, 0.2) is 24.3 Å². The van der Waals surface area contributed by atoms with E-state index in [0.29, 0.717) is 18.1 Å². The molecule has 0 aliphatic heterocycles. The van der Waals surface area contributed by atoms with Crippen LogP contribution >= 0.6 is 0 Å². The standard InChI is InChI=1S/C20H29NO3/c1-14-6-4-5-7-19(14)21-20(23)16(3)24-18-12-10-17(11-13-18)9-8-15(2)22/h10-14,16,19H,4-9H2,1-3H3,(H,21,23). The molecule has 4 heteroatoms. The molecule has 1 aromatic rings. The van der Waals surface area contributed by atoms with E-state index < -0.39 is 6.10 Å². The van der Waals surface area contributed by atoms with E-state index in [9.17, 15) is 9.59 Å². The van der Waals surface area contributed by atoms with Gasteiger partial charge in [0.2, 0.25) is 0 Å². The average Bonchev–Trinajstić information content (AvgIpc) is 2.56. The minimum Gasteiger partial charge on any atom is -0.481 e. The Morgan fingerprint density at radius 2 is 1.88 bits per heavy atom. The fourth-order valence-corrected chi connectivity index (χ4v) is 3.14. The van der Waals surface area contributed by atoms with E-state index in [1.165, 1.54) is 19.3 Å². The van der Waals surface area contributed by atoms with Crippen molar-refractivity contribution in [2.45, 2.75) is 71.4 Å². The van der Waals surface area contributed by atoms with Gasteiger partial charge in [0.05, 0.1) is 0 Å². The molecule has 2 rings (SSSR count). The summed E-state index contributed by atoms with van der Waals surface area (Å²) in [6.07, 6.45) is 5.47. The van der Waals surface area contributed by atoms with E-state index in [0.717, 1.165) is 18.4 Å². The summed E-state index contributed by atoms with van der Waals surface area (Å²) >= 11 is 0. The van der Waals surface area contributed by atoms with Gasteiger partial charge in [0.15, 0.2) is 6.10 Å². The van der Waals surface area contributed by atoms with Crippen molar-refractivity contribution in [1.29, 1.82) is 0 Å². The molecule has 1 fully saturated rings. The van der Waals surface area contributed by atoms with Gasteiger partial charge in [-0.15, -0.1) is 0 Å². The number of Topliss-reactive ketones (excluding diaryl/α,β-unsaturated/α-hetero) is 1. The number of rotatable bonds is 7. The largest absolute Gasteiger partial charge is 0.481 e. The maximum atomic E-state index is 12.3. The summed E-state index contributed by atoms with van der Waals surface area (Å²) in [4.78, 5) is 23.4. The summed E-state index contributed by atoms with van der Waals surface area (Å²) in [5.74, 6) is 1.36. The number of nitrogens with one attached hydrogen (secondary N) is 1. The number of benzene rings is 1. The van der Waals surface area contributed by atoms with E-state index in [4.69, 9.17) is 4.74 Å². The third kappa shape index (κ3) is 5.66. The smallest absolute Gasteiger partial charge is 0.261 e. The Morgan fingerprint density at radius 1 is 1.21 bits per heavy atom. The van der Waals surface area contributed by atoms with Gasteiger partial charge in [-0.1, -0.05) is 31.9 Å². The first-order valence-corrected chi connectivity index (χ1v) is 9.01. The minimum atomic E-state index is -0.512. The lowest BCUT2D eigenvalue weighted by Crippen LogP contribution is -2.46. The van der Waals surface area contributed by atoms with Gasteiger partial charge in [-0.05, 0) is 56.7 Å². The Balaban J connectivity index is 1.83. The molecule has 0 saturated heterocycles. The zero-order valence-electron chi connectivity index (χ0n) is 15.0. The molecule has 24 heavy (non-hydrogen) atoms. The molecule has 1 saturated carbocycles. The Kier molecular flexibility index (Phi) is 6.83. The number of hydrogen-bond acceptors (Lipinski definition) is 3. The molecule has 1 N–H and O–H groups in total. The summed E-state index contributed by atoms with van der Waals surface area (Å²) in [6.45, 7) is 5.59. The van der Waals surface area contributed by atoms with Gasteiger partial charge in [-0.25, -0.2) is 0 Å². The summed E-state index contributed by atoms with van der Waals surface area (Å²) < 4.78 is 5.75. The van der Waals surface area contributed by atoms with Gasteiger partial charge in [-0.2, -0.15) is 0 Å². The van der Waals surface area contributed by atoms with Gasteiger partial charge in [-0.3, -0.25) is 4.79 Å². The summed E-state index contributed by atoms with van der Waals surface area (Å²) in [7, 11) is 0. The van der Waals surface area contributed by atoms with Crippen molar-refractivity contribution in [2.75, 3.05) is 0 Å². The quantitative estimate of drug-likeness (QED) is 0.829. The summed E-state index contributed by atoms with van der Waals surface area (Å²) in [5.41, 5.74) is 1.10. The Hall–Kier alpha value is -1.84. The van der Waals surface area contributed by atoms with E-state index in [1.54, 1.807) is 13.8 Å².